The quantitative estimate of drug-likeness (QED) is 0.661. The molecule has 2 aliphatic rings. The van der Waals surface area contributed by atoms with Crippen molar-refractivity contribution in [1.29, 1.82) is 0 Å². The van der Waals surface area contributed by atoms with Crippen molar-refractivity contribution in [2.45, 2.75) is 44.7 Å². The van der Waals surface area contributed by atoms with Gasteiger partial charge in [-0.3, -0.25) is 4.90 Å². The van der Waals surface area contributed by atoms with Crippen LogP contribution in [0.5, 0.6) is 0 Å². The van der Waals surface area contributed by atoms with E-state index in [2.05, 4.69) is 30.6 Å². The van der Waals surface area contributed by atoms with Crippen LogP contribution in [0.3, 0.4) is 0 Å². The van der Waals surface area contributed by atoms with Crippen LogP contribution >= 0.6 is 0 Å². The first-order valence-corrected chi connectivity index (χ1v) is 5.31. The van der Waals surface area contributed by atoms with Crippen molar-refractivity contribution >= 4 is 0 Å². The number of piperidine rings is 1. The summed E-state index contributed by atoms with van der Waals surface area (Å²) in [5.74, 6) is 0. The van der Waals surface area contributed by atoms with E-state index in [0.717, 1.165) is 0 Å². The minimum atomic E-state index is 0.402. The van der Waals surface area contributed by atoms with Crippen LogP contribution in [-0.4, -0.2) is 29.6 Å². The Morgan fingerprint density at radius 3 is 2.77 bits per heavy atom. The van der Waals surface area contributed by atoms with Gasteiger partial charge in [0.15, 0.2) is 0 Å². The van der Waals surface area contributed by atoms with Crippen molar-refractivity contribution in [3.8, 4) is 0 Å². The molecule has 0 aromatic rings. The lowest BCUT2D eigenvalue weighted by molar-refractivity contribution is 0.0740. The molecule has 0 amide bonds. The molecule has 0 saturated carbocycles. The molecule has 2 rings (SSSR count). The van der Waals surface area contributed by atoms with E-state index in [1.54, 1.807) is 0 Å². The number of likely N-dealkylation sites (tertiary alicyclic amines) is 1. The molecule has 74 valence electrons. The molecule has 1 atom stereocenters. The van der Waals surface area contributed by atoms with Crippen molar-refractivity contribution in [3.05, 3.63) is 12.3 Å². The molecule has 1 unspecified atom stereocenters. The maximum atomic E-state index is 3.95. The second kappa shape index (κ2) is 3.02. The van der Waals surface area contributed by atoms with Gasteiger partial charge in [-0.25, -0.2) is 0 Å². The van der Waals surface area contributed by atoms with Crippen molar-refractivity contribution in [3.63, 3.8) is 0 Å². The highest BCUT2D eigenvalue weighted by molar-refractivity contribution is 5.19. The van der Waals surface area contributed by atoms with Crippen molar-refractivity contribution in [2.75, 3.05) is 13.1 Å². The third-order valence-electron chi connectivity index (χ3n) is 3.33. The minimum Gasteiger partial charge on any atom is -0.382 e. The highest BCUT2D eigenvalue weighted by Gasteiger charge is 2.42. The fourth-order valence-electron chi connectivity index (χ4n) is 2.62. The number of rotatable bonds is 1. The summed E-state index contributed by atoms with van der Waals surface area (Å²) in [4.78, 5) is 2.57. The van der Waals surface area contributed by atoms with E-state index in [-0.39, 0.29) is 0 Å². The summed E-state index contributed by atoms with van der Waals surface area (Å²) in [6.07, 6.45) is 3.85. The Morgan fingerprint density at radius 1 is 1.54 bits per heavy atom. The number of nitrogens with zero attached hydrogens (tertiary/aromatic N) is 1. The van der Waals surface area contributed by atoms with Crippen LogP contribution in [0, 0.1) is 0 Å². The molecule has 2 saturated heterocycles. The Balaban J connectivity index is 1.96. The summed E-state index contributed by atoms with van der Waals surface area (Å²) in [5.41, 5.74) is 1.63. The van der Waals surface area contributed by atoms with Gasteiger partial charge < -0.3 is 5.32 Å². The number of hydrogen-bond donors (Lipinski definition) is 1. The Kier molecular flexibility index (Phi) is 2.11. The van der Waals surface area contributed by atoms with Gasteiger partial charge in [0.05, 0.1) is 5.54 Å². The molecule has 0 aliphatic carbocycles. The topological polar surface area (TPSA) is 15.3 Å². The van der Waals surface area contributed by atoms with Gasteiger partial charge in [-0.05, 0) is 33.2 Å². The zero-order valence-electron chi connectivity index (χ0n) is 8.77. The molecule has 0 radical (unpaired) electrons. The molecule has 2 aliphatic heterocycles. The van der Waals surface area contributed by atoms with Crippen molar-refractivity contribution in [1.82, 2.24) is 10.2 Å². The van der Waals surface area contributed by atoms with Crippen LogP contribution < -0.4 is 5.32 Å². The van der Waals surface area contributed by atoms with Crippen LogP contribution in [0.1, 0.15) is 33.1 Å². The molecule has 2 fully saturated rings. The summed E-state index contributed by atoms with van der Waals surface area (Å²) < 4.78 is 0. The average Bonchev–Trinajstić information content (AvgIpc) is 2.02. The standard InChI is InChI=1S/C11H20N2/c1-9(2)13-6-4-5-11(8-13)7-10(3)12-11/h9,12H,3-8H2,1-2H3. The van der Waals surface area contributed by atoms with E-state index in [0.29, 0.717) is 11.6 Å². The largest absolute Gasteiger partial charge is 0.382 e. The maximum Gasteiger partial charge on any atom is 0.0551 e. The summed E-state index contributed by atoms with van der Waals surface area (Å²) in [7, 11) is 0. The van der Waals surface area contributed by atoms with Gasteiger partial charge in [0.2, 0.25) is 0 Å². The van der Waals surface area contributed by atoms with Crippen LogP contribution in [0.2, 0.25) is 0 Å². The van der Waals surface area contributed by atoms with E-state index in [1.165, 1.54) is 38.0 Å². The third-order valence-corrected chi connectivity index (χ3v) is 3.33. The first kappa shape index (κ1) is 9.07. The predicted octanol–water partition coefficient (Wildman–Crippen LogP) is 1.74. The first-order valence-electron chi connectivity index (χ1n) is 5.31. The summed E-state index contributed by atoms with van der Waals surface area (Å²) in [6.45, 7) is 11.0. The Hall–Kier alpha value is -0.500. The Bertz CT molecular complexity index is 212. The molecule has 0 bridgehead atoms. The monoisotopic (exact) mass is 180 g/mol. The Labute approximate surface area is 81.0 Å². The molecule has 1 N–H and O–H groups in total. The average molecular weight is 180 g/mol. The summed E-state index contributed by atoms with van der Waals surface area (Å²) >= 11 is 0. The lowest BCUT2D eigenvalue weighted by atomic mass is 9.78. The fourth-order valence-corrected chi connectivity index (χ4v) is 2.62. The van der Waals surface area contributed by atoms with E-state index in [9.17, 15) is 0 Å². The van der Waals surface area contributed by atoms with Gasteiger partial charge in [-0.15, -0.1) is 0 Å². The van der Waals surface area contributed by atoms with E-state index in [1.807, 2.05) is 0 Å². The molecule has 13 heavy (non-hydrogen) atoms. The predicted molar refractivity (Wildman–Crippen MR) is 55.6 cm³/mol. The lowest BCUT2D eigenvalue weighted by Gasteiger charge is -2.52. The summed E-state index contributed by atoms with van der Waals surface area (Å²) in [6, 6.07) is 0.688. The van der Waals surface area contributed by atoms with Crippen LogP contribution in [-0.2, 0) is 0 Å². The van der Waals surface area contributed by atoms with Crippen LogP contribution in [0.15, 0.2) is 12.3 Å². The number of hydrogen-bond acceptors (Lipinski definition) is 2. The molecule has 0 aromatic heterocycles. The molecule has 0 aromatic carbocycles. The first-order chi connectivity index (χ1) is 6.11. The zero-order chi connectivity index (χ0) is 9.47. The molecule has 2 heteroatoms. The third kappa shape index (κ3) is 1.60. The lowest BCUT2D eigenvalue weighted by Crippen LogP contribution is -2.64. The van der Waals surface area contributed by atoms with Crippen molar-refractivity contribution in [2.24, 2.45) is 0 Å². The van der Waals surface area contributed by atoms with E-state index < -0.39 is 0 Å². The van der Waals surface area contributed by atoms with Crippen LogP contribution in [0.25, 0.3) is 0 Å². The van der Waals surface area contributed by atoms with E-state index in [4.69, 9.17) is 0 Å². The minimum absolute atomic E-state index is 0.402. The van der Waals surface area contributed by atoms with Crippen molar-refractivity contribution < 1.29 is 0 Å². The second-order valence-corrected chi connectivity index (χ2v) is 4.85. The second-order valence-electron chi connectivity index (χ2n) is 4.85. The fraction of sp³-hybridized carbons (Fsp3) is 0.818. The molecule has 2 heterocycles. The molecular weight excluding hydrogens is 160 g/mol. The van der Waals surface area contributed by atoms with Gasteiger partial charge in [0.25, 0.3) is 0 Å². The molecule has 2 nitrogen and oxygen atoms in total. The zero-order valence-corrected chi connectivity index (χ0v) is 8.77. The Morgan fingerprint density at radius 2 is 2.23 bits per heavy atom. The normalized spacial score (nSPS) is 34.8. The summed E-state index contributed by atoms with van der Waals surface area (Å²) in [5, 5.41) is 3.51. The maximum absolute atomic E-state index is 3.95. The van der Waals surface area contributed by atoms with Gasteiger partial charge >= 0.3 is 0 Å². The SMILES string of the molecule is C=C1CC2(CCCN(C(C)C)C2)N1. The highest BCUT2D eigenvalue weighted by atomic mass is 15.2. The van der Waals surface area contributed by atoms with Gasteiger partial charge in [-0.1, -0.05) is 6.58 Å². The highest BCUT2D eigenvalue weighted by Crippen LogP contribution is 2.35. The number of nitrogens with one attached hydrogen (secondary N) is 1. The van der Waals surface area contributed by atoms with Crippen LogP contribution in [0.4, 0.5) is 0 Å². The molecular formula is C11H20N2. The van der Waals surface area contributed by atoms with E-state index >= 15 is 0 Å². The van der Waals surface area contributed by atoms with Gasteiger partial charge in [0.1, 0.15) is 0 Å². The van der Waals surface area contributed by atoms with Gasteiger partial charge in [-0.2, -0.15) is 0 Å². The smallest absolute Gasteiger partial charge is 0.0551 e. The van der Waals surface area contributed by atoms with Gasteiger partial charge in [0, 0.05) is 24.7 Å². The molecule has 1 spiro atoms.